The molecule has 10 heteroatoms. The standard InChI is InChI=1S/C10H9ClF3N3O3/c11-8-7(4-6(5-16-8)17(19)20)9(18)15-3-1-2-10(12,13)14/h4-5H,1-3H2,(H,15,18). The van der Waals surface area contributed by atoms with E-state index in [1.807, 2.05) is 0 Å². The minimum atomic E-state index is -4.30. The SMILES string of the molecule is O=C(NCCCC(F)(F)F)c1cc([N+](=O)[O-])cnc1Cl. The minimum Gasteiger partial charge on any atom is -0.352 e. The van der Waals surface area contributed by atoms with Crippen LogP contribution in [0.3, 0.4) is 0 Å². The quantitative estimate of drug-likeness (QED) is 0.392. The van der Waals surface area contributed by atoms with E-state index in [0.717, 1.165) is 12.3 Å². The Hall–Kier alpha value is -1.90. The van der Waals surface area contributed by atoms with Gasteiger partial charge >= 0.3 is 6.18 Å². The van der Waals surface area contributed by atoms with Gasteiger partial charge in [-0.05, 0) is 6.42 Å². The van der Waals surface area contributed by atoms with E-state index in [-0.39, 0.29) is 23.7 Å². The second kappa shape index (κ2) is 6.51. The van der Waals surface area contributed by atoms with E-state index in [4.69, 9.17) is 11.6 Å². The van der Waals surface area contributed by atoms with Crippen molar-refractivity contribution < 1.29 is 22.9 Å². The lowest BCUT2D eigenvalue weighted by molar-refractivity contribution is -0.385. The molecule has 1 heterocycles. The van der Waals surface area contributed by atoms with Crippen LogP contribution in [0.4, 0.5) is 18.9 Å². The number of pyridine rings is 1. The normalized spacial score (nSPS) is 11.2. The summed E-state index contributed by atoms with van der Waals surface area (Å²) < 4.78 is 35.7. The third kappa shape index (κ3) is 5.00. The Balaban J connectivity index is 2.63. The molecule has 0 aliphatic carbocycles. The van der Waals surface area contributed by atoms with Gasteiger partial charge in [0.25, 0.3) is 11.6 Å². The molecule has 110 valence electrons. The smallest absolute Gasteiger partial charge is 0.352 e. The maximum absolute atomic E-state index is 11.9. The maximum atomic E-state index is 11.9. The number of carbonyl (C=O) groups excluding carboxylic acids is 1. The number of hydrogen-bond donors (Lipinski definition) is 1. The van der Waals surface area contributed by atoms with Crippen LogP contribution in [0.15, 0.2) is 12.3 Å². The fraction of sp³-hybridized carbons (Fsp3) is 0.400. The molecule has 1 rings (SSSR count). The number of amides is 1. The molecule has 0 saturated heterocycles. The lowest BCUT2D eigenvalue weighted by atomic mass is 10.2. The van der Waals surface area contributed by atoms with Crippen LogP contribution in [0.1, 0.15) is 23.2 Å². The van der Waals surface area contributed by atoms with E-state index < -0.39 is 29.1 Å². The highest BCUT2D eigenvalue weighted by Gasteiger charge is 2.26. The van der Waals surface area contributed by atoms with E-state index in [0.29, 0.717) is 0 Å². The van der Waals surface area contributed by atoms with Crippen molar-refractivity contribution in [1.29, 1.82) is 0 Å². The summed E-state index contributed by atoms with van der Waals surface area (Å²) in [6, 6.07) is 0.911. The average Bonchev–Trinajstić information content (AvgIpc) is 2.33. The molecule has 0 aliphatic heterocycles. The van der Waals surface area contributed by atoms with Gasteiger partial charge in [-0.2, -0.15) is 13.2 Å². The zero-order valence-electron chi connectivity index (χ0n) is 9.91. The van der Waals surface area contributed by atoms with Crippen molar-refractivity contribution in [3.05, 3.63) is 33.1 Å². The lowest BCUT2D eigenvalue weighted by Gasteiger charge is -2.08. The van der Waals surface area contributed by atoms with E-state index in [1.54, 1.807) is 0 Å². The summed E-state index contributed by atoms with van der Waals surface area (Å²) in [5.74, 6) is -0.812. The second-order valence-corrected chi connectivity index (χ2v) is 4.12. The molecule has 0 atom stereocenters. The molecule has 0 saturated carbocycles. The molecule has 0 bridgehead atoms. The molecule has 1 N–H and O–H groups in total. The number of nitrogens with zero attached hydrogens (tertiary/aromatic N) is 2. The van der Waals surface area contributed by atoms with E-state index >= 15 is 0 Å². The van der Waals surface area contributed by atoms with Crippen LogP contribution in [0.5, 0.6) is 0 Å². The molecule has 20 heavy (non-hydrogen) atoms. The van der Waals surface area contributed by atoms with Gasteiger partial charge in [-0.25, -0.2) is 4.98 Å². The van der Waals surface area contributed by atoms with Crippen LogP contribution < -0.4 is 5.32 Å². The van der Waals surface area contributed by atoms with Crippen molar-refractivity contribution >= 4 is 23.2 Å². The van der Waals surface area contributed by atoms with Gasteiger partial charge in [0.2, 0.25) is 0 Å². The van der Waals surface area contributed by atoms with Crippen molar-refractivity contribution in [3.8, 4) is 0 Å². The predicted octanol–water partition coefficient (Wildman–Crippen LogP) is 2.72. The maximum Gasteiger partial charge on any atom is 0.389 e. The van der Waals surface area contributed by atoms with Crippen LogP contribution in [-0.4, -0.2) is 28.5 Å². The molecule has 1 aromatic heterocycles. The number of halogens is 4. The molecule has 1 amide bonds. The van der Waals surface area contributed by atoms with Gasteiger partial charge in [-0.3, -0.25) is 14.9 Å². The van der Waals surface area contributed by atoms with E-state index in [2.05, 4.69) is 10.3 Å². The summed E-state index contributed by atoms with van der Waals surface area (Å²) in [7, 11) is 0. The lowest BCUT2D eigenvalue weighted by Crippen LogP contribution is -2.26. The number of alkyl halides is 3. The first-order chi connectivity index (χ1) is 9.20. The Labute approximate surface area is 116 Å². The van der Waals surface area contributed by atoms with E-state index in [1.165, 1.54) is 0 Å². The fourth-order valence-corrected chi connectivity index (χ4v) is 1.47. The molecule has 1 aromatic rings. The van der Waals surface area contributed by atoms with Crippen molar-refractivity contribution in [3.63, 3.8) is 0 Å². The number of rotatable bonds is 5. The molecule has 6 nitrogen and oxygen atoms in total. The summed E-state index contributed by atoms with van der Waals surface area (Å²) in [6.45, 7) is -0.225. The van der Waals surface area contributed by atoms with Gasteiger partial charge in [-0.15, -0.1) is 0 Å². The number of nitro groups is 1. The fourth-order valence-electron chi connectivity index (χ4n) is 1.28. The molecule has 0 aromatic carbocycles. The monoisotopic (exact) mass is 311 g/mol. The van der Waals surface area contributed by atoms with Crippen LogP contribution in [0.2, 0.25) is 5.15 Å². The molecule has 0 fully saturated rings. The van der Waals surface area contributed by atoms with Crippen molar-refractivity contribution in [2.24, 2.45) is 0 Å². The van der Waals surface area contributed by atoms with E-state index in [9.17, 15) is 28.1 Å². The van der Waals surface area contributed by atoms with Crippen molar-refractivity contribution in [2.45, 2.75) is 19.0 Å². The summed E-state index contributed by atoms with van der Waals surface area (Å²) in [4.78, 5) is 24.9. The Morgan fingerprint density at radius 3 is 2.70 bits per heavy atom. The Kier molecular flexibility index (Phi) is 5.26. The minimum absolute atomic E-state index is 0.225. The number of carbonyl (C=O) groups is 1. The Bertz CT molecular complexity index is 522. The van der Waals surface area contributed by atoms with Gasteiger partial charge in [0.05, 0.1) is 10.5 Å². The zero-order valence-corrected chi connectivity index (χ0v) is 10.7. The highest BCUT2D eigenvalue weighted by Crippen LogP contribution is 2.21. The van der Waals surface area contributed by atoms with Crippen molar-refractivity contribution in [2.75, 3.05) is 6.54 Å². The highest BCUT2D eigenvalue weighted by atomic mass is 35.5. The van der Waals surface area contributed by atoms with Gasteiger partial charge in [0.15, 0.2) is 0 Å². The first kappa shape index (κ1) is 16.2. The number of hydrogen-bond acceptors (Lipinski definition) is 4. The first-order valence-corrected chi connectivity index (χ1v) is 5.73. The number of nitrogens with one attached hydrogen (secondary N) is 1. The van der Waals surface area contributed by atoms with Crippen LogP contribution in [0, 0.1) is 10.1 Å². The van der Waals surface area contributed by atoms with Crippen LogP contribution >= 0.6 is 11.6 Å². The molecule has 0 aliphatic rings. The summed E-state index contributed by atoms with van der Waals surface area (Å²) in [5.41, 5.74) is -0.692. The topological polar surface area (TPSA) is 85.1 Å². The third-order valence-electron chi connectivity index (χ3n) is 2.20. The van der Waals surface area contributed by atoms with Gasteiger partial charge < -0.3 is 5.32 Å². The van der Waals surface area contributed by atoms with Gasteiger partial charge in [0, 0.05) is 19.0 Å². The molecular formula is C10H9ClF3N3O3. The first-order valence-electron chi connectivity index (χ1n) is 5.35. The van der Waals surface area contributed by atoms with Crippen LogP contribution in [-0.2, 0) is 0 Å². The zero-order chi connectivity index (χ0) is 15.3. The summed E-state index contributed by atoms with van der Waals surface area (Å²) in [5, 5.41) is 12.5. The molecule has 0 unspecified atom stereocenters. The molecular weight excluding hydrogens is 303 g/mol. The Morgan fingerprint density at radius 1 is 1.50 bits per heavy atom. The average molecular weight is 312 g/mol. The summed E-state index contributed by atoms with van der Waals surface area (Å²) in [6.07, 6.45) is -4.75. The highest BCUT2D eigenvalue weighted by molar-refractivity contribution is 6.32. The van der Waals surface area contributed by atoms with Crippen LogP contribution in [0.25, 0.3) is 0 Å². The third-order valence-corrected chi connectivity index (χ3v) is 2.50. The predicted molar refractivity (Wildman–Crippen MR) is 63.5 cm³/mol. The number of aromatic nitrogens is 1. The largest absolute Gasteiger partial charge is 0.389 e. The van der Waals surface area contributed by atoms with Gasteiger partial charge in [-0.1, -0.05) is 11.6 Å². The van der Waals surface area contributed by atoms with Gasteiger partial charge in [0.1, 0.15) is 11.3 Å². The molecule has 0 radical (unpaired) electrons. The Morgan fingerprint density at radius 2 is 2.15 bits per heavy atom. The summed E-state index contributed by atoms with van der Waals surface area (Å²) >= 11 is 5.61. The molecule has 0 spiro atoms. The second-order valence-electron chi connectivity index (χ2n) is 3.76. The van der Waals surface area contributed by atoms with Crippen molar-refractivity contribution in [1.82, 2.24) is 10.3 Å².